The average Bonchev–Trinajstić information content (AvgIpc) is 3.01. The van der Waals surface area contributed by atoms with Gasteiger partial charge in [0, 0.05) is 19.2 Å². The Labute approximate surface area is 149 Å². The molecule has 0 saturated carbocycles. The molecule has 2 aromatic carbocycles. The number of nitrogens with zero attached hydrogens (tertiary/aromatic N) is 2. The highest BCUT2D eigenvalue weighted by molar-refractivity contribution is 5.63. The Morgan fingerprint density at radius 3 is 2.56 bits per heavy atom. The second kappa shape index (κ2) is 7.43. The lowest BCUT2D eigenvalue weighted by Crippen LogP contribution is -2.05. The zero-order chi connectivity index (χ0) is 17.8. The van der Waals surface area contributed by atoms with E-state index in [9.17, 15) is 0 Å². The third-order valence-electron chi connectivity index (χ3n) is 4.45. The van der Waals surface area contributed by atoms with Gasteiger partial charge in [0.05, 0.1) is 19.0 Å². The summed E-state index contributed by atoms with van der Waals surface area (Å²) in [5.74, 6) is 2.26. The third-order valence-corrected chi connectivity index (χ3v) is 4.45. The molecule has 0 spiro atoms. The molecule has 1 heterocycles. The van der Waals surface area contributed by atoms with Crippen LogP contribution in [-0.2, 0) is 13.6 Å². The molecule has 0 aliphatic carbocycles. The molecule has 3 aromatic rings. The highest BCUT2D eigenvalue weighted by Crippen LogP contribution is 2.25. The number of ether oxygens (including phenoxy) is 1. The van der Waals surface area contributed by atoms with Gasteiger partial charge in [-0.05, 0) is 29.2 Å². The van der Waals surface area contributed by atoms with Crippen molar-refractivity contribution < 1.29 is 4.74 Å². The number of imidazole rings is 1. The molecule has 0 atom stereocenters. The van der Waals surface area contributed by atoms with E-state index < -0.39 is 0 Å². The molecule has 0 radical (unpaired) electrons. The number of anilines is 1. The van der Waals surface area contributed by atoms with Crippen molar-refractivity contribution in [2.75, 3.05) is 12.4 Å². The maximum atomic E-state index is 5.31. The van der Waals surface area contributed by atoms with Crippen molar-refractivity contribution in [2.45, 2.75) is 26.3 Å². The van der Waals surface area contributed by atoms with Gasteiger partial charge in [-0.25, -0.2) is 4.98 Å². The Morgan fingerprint density at radius 2 is 1.88 bits per heavy atom. The van der Waals surface area contributed by atoms with Gasteiger partial charge in [0.1, 0.15) is 5.75 Å². The van der Waals surface area contributed by atoms with Gasteiger partial charge in [0.15, 0.2) is 0 Å². The van der Waals surface area contributed by atoms with Gasteiger partial charge in [-0.3, -0.25) is 0 Å². The van der Waals surface area contributed by atoms with Crippen LogP contribution in [0.5, 0.6) is 5.75 Å². The summed E-state index contributed by atoms with van der Waals surface area (Å²) in [4.78, 5) is 4.52. The van der Waals surface area contributed by atoms with Crippen LogP contribution in [-0.4, -0.2) is 16.7 Å². The van der Waals surface area contributed by atoms with E-state index in [1.54, 1.807) is 7.11 Å². The monoisotopic (exact) mass is 335 g/mol. The van der Waals surface area contributed by atoms with Crippen LogP contribution >= 0.6 is 0 Å². The smallest absolute Gasteiger partial charge is 0.203 e. The first-order valence-corrected chi connectivity index (χ1v) is 8.57. The predicted molar refractivity (Wildman–Crippen MR) is 103 cm³/mol. The Morgan fingerprint density at radius 1 is 1.12 bits per heavy atom. The van der Waals surface area contributed by atoms with Gasteiger partial charge in [-0.2, -0.15) is 0 Å². The van der Waals surface area contributed by atoms with Gasteiger partial charge in [-0.1, -0.05) is 50.2 Å². The number of hydrogen-bond donors (Lipinski definition) is 1. The molecule has 4 heteroatoms. The molecule has 0 amide bonds. The van der Waals surface area contributed by atoms with Crippen molar-refractivity contribution in [3.05, 3.63) is 65.9 Å². The fourth-order valence-corrected chi connectivity index (χ4v) is 2.83. The molecule has 0 fully saturated rings. The minimum atomic E-state index is 0.557. The van der Waals surface area contributed by atoms with Gasteiger partial charge in [0.25, 0.3) is 0 Å². The van der Waals surface area contributed by atoms with E-state index in [0.29, 0.717) is 5.92 Å². The molecule has 0 aliphatic rings. The zero-order valence-corrected chi connectivity index (χ0v) is 15.3. The first-order valence-electron chi connectivity index (χ1n) is 8.57. The minimum absolute atomic E-state index is 0.557. The van der Waals surface area contributed by atoms with Crippen LogP contribution < -0.4 is 10.1 Å². The Kier molecular flexibility index (Phi) is 5.08. The molecule has 3 rings (SSSR count). The summed E-state index contributed by atoms with van der Waals surface area (Å²) in [5, 5.41) is 3.42. The molecule has 0 unspecified atom stereocenters. The van der Waals surface area contributed by atoms with Gasteiger partial charge in [0.2, 0.25) is 5.95 Å². The second-order valence-corrected chi connectivity index (χ2v) is 6.51. The van der Waals surface area contributed by atoms with E-state index >= 15 is 0 Å². The Hall–Kier alpha value is -2.75. The fraction of sp³-hybridized carbons (Fsp3) is 0.286. The minimum Gasteiger partial charge on any atom is -0.497 e. The first-order chi connectivity index (χ1) is 12.1. The molecule has 0 saturated heterocycles. The summed E-state index contributed by atoms with van der Waals surface area (Å²) in [5.41, 5.74) is 4.75. The number of nitrogens with one attached hydrogen (secondary N) is 1. The van der Waals surface area contributed by atoms with Gasteiger partial charge >= 0.3 is 0 Å². The molecule has 1 N–H and O–H groups in total. The van der Waals surface area contributed by atoms with Gasteiger partial charge in [-0.15, -0.1) is 0 Å². The predicted octanol–water partition coefficient (Wildman–Crippen LogP) is 4.83. The van der Waals surface area contributed by atoms with Crippen LogP contribution in [0.2, 0.25) is 0 Å². The largest absolute Gasteiger partial charge is 0.497 e. The summed E-state index contributed by atoms with van der Waals surface area (Å²) in [7, 11) is 3.70. The quantitative estimate of drug-likeness (QED) is 0.701. The van der Waals surface area contributed by atoms with Crippen LogP contribution in [0.4, 0.5) is 5.95 Å². The first kappa shape index (κ1) is 17.1. The Bertz CT molecular complexity index is 835. The van der Waals surface area contributed by atoms with Crippen LogP contribution in [0, 0.1) is 0 Å². The van der Waals surface area contributed by atoms with Crippen molar-refractivity contribution in [1.82, 2.24) is 9.55 Å². The molecule has 130 valence electrons. The van der Waals surface area contributed by atoms with Crippen molar-refractivity contribution in [2.24, 2.45) is 7.05 Å². The Balaban J connectivity index is 1.73. The lowest BCUT2D eigenvalue weighted by molar-refractivity contribution is 0.415. The number of benzene rings is 2. The zero-order valence-electron chi connectivity index (χ0n) is 15.3. The summed E-state index contributed by atoms with van der Waals surface area (Å²) in [6.07, 6.45) is 1.89. The SMILES string of the molecule is COc1cccc(-c2cnc(NCc3ccc(C(C)C)cc3)n2C)c1. The van der Waals surface area contributed by atoms with Crippen molar-refractivity contribution >= 4 is 5.95 Å². The number of methoxy groups -OCH3 is 1. The molecule has 0 bridgehead atoms. The molecular weight excluding hydrogens is 310 g/mol. The summed E-state index contributed by atoms with van der Waals surface area (Å²) in [6.45, 7) is 5.17. The van der Waals surface area contributed by atoms with E-state index in [0.717, 1.165) is 29.5 Å². The van der Waals surface area contributed by atoms with Crippen LogP contribution in [0.15, 0.2) is 54.7 Å². The normalized spacial score (nSPS) is 10.9. The average molecular weight is 335 g/mol. The molecule has 1 aromatic heterocycles. The van der Waals surface area contributed by atoms with Gasteiger partial charge < -0.3 is 14.6 Å². The number of aromatic nitrogens is 2. The van der Waals surface area contributed by atoms with Crippen LogP contribution in [0.3, 0.4) is 0 Å². The van der Waals surface area contributed by atoms with E-state index in [-0.39, 0.29) is 0 Å². The van der Waals surface area contributed by atoms with E-state index in [4.69, 9.17) is 4.74 Å². The van der Waals surface area contributed by atoms with E-state index in [2.05, 4.69) is 59.0 Å². The lowest BCUT2D eigenvalue weighted by atomic mass is 10.0. The van der Waals surface area contributed by atoms with Crippen molar-refractivity contribution in [3.63, 3.8) is 0 Å². The molecular formula is C21H25N3O. The molecule has 25 heavy (non-hydrogen) atoms. The molecule has 4 nitrogen and oxygen atoms in total. The van der Waals surface area contributed by atoms with Crippen molar-refractivity contribution in [1.29, 1.82) is 0 Å². The number of rotatable bonds is 6. The topological polar surface area (TPSA) is 39.1 Å². The van der Waals surface area contributed by atoms with Crippen molar-refractivity contribution in [3.8, 4) is 17.0 Å². The maximum Gasteiger partial charge on any atom is 0.203 e. The number of hydrogen-bond acceptors (Lipinski definition) is 3. The molecule has 0 aliphatic heterocycles. The summed E-state index contributed by atoms with van der Waals surface area (Å²) in [6, 6.07) is 16.8. The second-order valence-electron chi connectivity index (χ2n) is 6.51. The maximum absolute atomic E-state index is 5.31. The third kappa shape index (κ3) is 3.85. The lowest BCUT2D eigenvalue weighted by Gasteiger charge is -2.10. The van der Waals surface area contributed by atoms with E-state index in [1.807, 2.05) is 31.4 Å². The summed E-state index contributed by atoms with van der Waals surface area (Å²) >= 11 is 0. The van der Waals surface area contributed by atoms with Crippen LogP contribution in [0.25, 0.3) is 11.3 Å². The standard InChI is InChI=1S/C21H25N3O/c1-15(2)17-10-8-16(9-11-17)13-22-21-23-14-20(24(21)3)18-6-5-7-19(12-18)25-4/h5-12,14-15H,13H2,1-4H3,(H,22,23). The highest BCUT2D eigenvalue weighted by atomic mass is 16.5. The van der Waals surface area contributed by atoms with Crippen LogP contribution in [0.1, 0.15) is 30.9 Å². The fourth-order valence-electron chi connectivity index (χ4n) is 2.83. The summed E-state index contributed by atoms with van der Waals surface area (Å²) < 4.78 is 7.38. The van der Waals surface area contributed by atoms with E-state index in [1.165, 1.54) is 11.1 Å². The highest BCUT2D eigenvalue weighted by Gasteiger charge is 2.09.